The molecular formula is C19H27NO4. The lowest BCUT2D eigenvalue weighted by atomic mass is 10.1. The molecule has 24 heavy (non-hydrogen) atoms. The van der Waals surface area contributed by atoms with E-state index in [0.717, 1.165) is 32.1 Å². The molecule has 1 heterocycles. The van der Waals surface area contributed by atoms with Crippen LogP contribution in [0.15, 0.2) is 24.3 Å². The Morgan fingerprint density at radius 2 is 2.00 bits per heavy atom. The molecule has 1 saturated heterocycles. The summed E-state index contributed by atoms with van der Waals surface area (Å²) in [5.41, 5.74) is 0.489. The Kier molecular flexibility index (Phi) is 7.09. The number of carbonyl (C=O) groups excluding carboxylic acids is 2. The van der Waals surface area contributed by atoms with E-state index >= 15 is 0 Å². The third kappa shape index (κ3) is 4.49. The number of unbranched alkanes of at least 4 members (excludes halogenated alkanes) is 3. The van der Waals surface area contributed by atoms with E-state index in [1.54, 1.807) is 23.1 Å². The number of rotatable bonds is 8. The van der Waals surface area contributed by atoms with Crippen LogP contribution in [0, 0.1) is 0 Å². The zero-order valence-corrected chi connectivity index (χ0v) is 14.6. The Balaban J connectivity index is 1.96. The van der Waals surface area contributed by atoms with Crippen LogP contribution in [0.25, 0.3) is 0 Å². The van der Waals surface area contributed by atoms with Gasteiger partial charge < -0.3 is 14.4 Å². The largest absolute Gasteiger partial charge is 0.496 e. The van der Waals surface area contributed by atoms with Crippen LogP contribution in [0.4, 0.5) is 0 Å². The molecule has 1 amide bonds. The van der Waals surface area contributed by atoms with E-state index in [1.165, 1.54) is 7.11 Å². The molecule has 0 spiro atoms. The molecule has 1 aliphatic heterocycles. The van der Waals surface area contributed by atoms with Crippen molar-refractivity contribution < 1.29 is 19.1 Å². The molecule has 1 aliphatic rings. The first-order chi connectivity index (χ1) is 11.7. The van der Waals surface area contributed by atoms with Crippen molar-refractivity contribution in [1.29, 1.82) is 0 Å². The zero-order valence-electron chi connectivity index (χ0n) is 14.6. The van der Waals surface area contributed by atoms with Gasteiger partial charge in [0.2, 0.25) is 0 Å². The van der Waals surface area contributed by atoms with Crippen LogP contribution in [0.1, 0.15) is 55.8 Å². The van der Waals surface area contributed by atoms with Crippen LogP contribution in [0.5, 0.6) is 5.75 Å². The van der Waals surface area contributed by atoms with E-state index in [4.69, 9.17) is 9.47 Å². The second-order valence-electron chi connectivity index (χ2n) is 6.09. The smallest absolute Gasteiger partial charge is 0.328 e. The van der Waals surface area contributed by atoms with Crippen LogP contribution >= 0.6 is 0 Å². The SMILES string of the molecule is CCCCCCOC(=O)C1CCCN1C(=O)c1ccccc1OC. The molecule has 0 N–H and O–H groups in total. The number of likely N-dealkylation sites (tertiary alicyclic amines) is 1. The van der Waals surface area contributed by atoms with Gasteiger partial charge >= 0.3 is 5.97 Å². The first-order valence-corrected chi connectivity index (χ1v) is 8.79. The average Bonchev–Trinajstić information content (AvgIpc) is 3.10. The lowest BCUT2D eigenvalue weighted by Crippen LogP contribution is -2.41. The van der Waals surface area contributed by atoms with Crippen molar-refractivity contribution >= 4 is 11.9 Å². The van der Waals surface area contributed by atoms with Gasteiger partial charge in [-0.3, -0.25) is 4.79 Å². The molecule has 2 rings (SSSR count). The van der Waals surface area contributed by atoms with E-state index in [-0.39, 0.29) is 11.9 Å². The van der Waals surface area contributed by atoms with Gasteiger partial charge in [-0.15, -0.1) is 0 Å². The second-order valence-corrected chi connectivity index (χ2v) is 6.09. The minimum absolute atomic E-state index is 0.169. The van der Waals surface area contributed by atoms with Crippen molar-refractivity contribution in [3.63, 3.8) is 0 Å². The standard InChI is InChI=1S/C19H27NO4/c1-3-4-5-8-14-24-19(22)16-11-9-13-20(16)18(21)15-10-6-7-12-17(15)23-2/h6-7,10,12,16H,3-5,8-9,11,13-14H2,1-2H3. The highest BCUT2D eigenvalue weighted by molar-refractivity contribution is 5.99. The van der Waals surface area contributed by atoms with Gasteiger partial charge in [-0.05, 0) is 31.4 Å². The number of hydrogen-bond donors (Lipinski definition) is 0. The number of amides is 1. The molecule has 1 atom stereocenters. The van der Waals surface area contributed by atoms with Gasteiger partial charge in [0.05, 0.1) is 19.3 Å². The highest BCUT2D eigenvalue weighted by Gasteiger charge is 2.36. The molecule has 5 heteroatoms. The van der Waals surface area contributed by atoms with Gasteiger partial charge in [-0.1, -0.05) is 38.3 Å². The first-order valence-electron chi connectivity index (χ1n) is 8.79. The van der Waals surface area contributed by atoms with E-state index in [9.17, 15) is 9.59 Å². The first kappa shape index (κ1) is 18.3. The van der Waals surface area contributed by atoms with E-state index in [2.05, 4.69) is 6.92 Å². The molecule has 0 aromatic heterocycles. The zero-order chi connectivity index (χ0) is 17.4. The number of methoxy groups -OCH3 is 1. The van der Waals surface area contributed by atoms with Crippen LogP contribution in [-0.2, 0) is 9.53 Å². The summed E-state index contributed by atoms with van der Waals surface area (Å²) in [6.07, 6.45) is 5.73. The van der Waals surface area contributed by atoms with Crippen molar-refractivity contribution in [1.82, 2.24) is 4.90 Å². The monoisotopic (exact) mass is 333 g/mol. The molecular weight excluding hydrogens is 306 g/mol. The number of benzene rings is 1. The van der Waals surface area contributed by atoms with Crippen molar-refractivity contribution in [2.45, 2.75) is 51.5 Å². The number of carbonyl (C=O) groups is 2. The molecule has 1 unspecified atom stereocenters. The van der Waals surface area contributed by atoms with Crippen molar-refractivity contribution in [3.05, 3.63) is 29.8 Å². The van der Waals surface area contributed by atoms with Gasteiger partial charge in [0, 0.05) is 6.54 Å². The molecule has 0 aliphatic carbocycles. The van der Waals surface area contributed by atoms with Gasteiger partial charge in [0.15, 0.2) is 0 Å². The number of para-hydroxylation sites is 1. The predicted octanol–water partition coefficient (Wildman–Crippen LogP) is 3.42. The number of ether oxygens (including phenoxy) is 2. The van der Waals surface area contributed by atoms with Crippen LogP contribution in [-0.4, -0.2) is 43.1 Å². The summed E-state index contributed by atoms with van der Waals surface area (Å²) in [7, 11) is 1.54. The predicted molar refractivity (Wildman–Crippen MR) is 92.2 cm³/mol. The maximum Gasteiger partial charge on any atom is 0.328 e. The quantitative estimate of drug-likeness (QED) is 0.540. The Morgan fingerprint density at radius 3 is 2.75 bits per heavy atom. The fraction of sp³-hybridized carbons (Fsp3) is 0.579. The molecule has 1 fully saturated rings. The maximum absolute atomic E-state index is 12.8. The molecule has 5 nitrogen and oxygen atoms in total. The highest BCUT2D eigenvalue weighted by atomic mass is 16.5. The lowest BCUT2D eigenvalue weighted by molar-refractivity contribution is -0.148. The van der Waals surface area contributed by atoms with Crippen LogP contribution < -0.4 is 4.74 Å². The van der Waals surface area contributed by atoms with Gasteiger partial charge in [-0.2, -0.15) is 0 Å². The number of hydrogen-bond acceptors (Lipinski definition) is 4. The van der Waals surface area contributed by atoms with E-state index in [1.807, 2.05) is 6.07 Å². The molecule has 1 aromatic rings. The number of nitrogens with zero attached hydrogens (tertiary/aromatic N) is 1. The fourth-order valence-corrected chi connectivity index (χ4v) is 3.03. The summed E-state index contributed by atoms with van der Waals surface area (Å²) < 4.78 is 10.6. The molecule has 0 saturated carbocycles. The summed E-state index contributed by atoms with van der Waals surface area (Å²) in [5, 5.41) is 0. The topological polar surface area (TPSA) is 55.8 Å². The summed E-state index contributed by atoms with van der Waals surface area (Å²) >= 11 is 0. The van der Waals surface area contributed by atoms with E-state index in [0.29, 0.717) is 30.9 Å². The van der Waals surface area contributed by atoms with Gasteiger partial charge in [0.25, 0.3) is 5.91 Å². The summed E-state index contributed by atoms with van der Waals surface area (Å²) in [6.45, 7) is 3.16. The lowest BCUT2D eigenvalue weighted by Gasteiger charge is -2.24. The second kappa shape index (κ2) is 9.30. The summed E-state index contributed by atoms with van der Waals surface area (Å²) in [5.74, 6) is 0.0752. The van der Waals surface area contributed by atoms with Gasteiger partial charge in [-0.25, -0.2) is 4.79 Å². The number of esters is 1. The van der Waals surface area contributed by atoms with Crippen LogP contribution in [0.3, 0.4) is 0 Å². The Bertz CT molecular complexity index is 558. The molecule has 0 bridgehead atoms. The normalized spacial score (nSPS) is 16.9. The van der Waals surface area contributed by atoms with E-state index < -0.39 is 6.04 Å². The molecule has 132 valence electrons. The minimum Gasteiger partial charge on any atom is -0.496 e. The fourth-order valence-electron chi connectivity index (χ4n) is 3.03. The third-order valence-corrected chi connectivity index (χ3v) is 4.37. The summed E-state index contributed by atoms with van der Waals surface area (Å²) in [4.78, 5) is 26.7. The minimum atomic E-state index is -0.478. The molecule has 1 aromatic carbocycles. The van der Waals surface area contributed by atoms with Crippen molar-refractivity contribution in [3.8, 4) is 5.75 Å². The maximum atomic E-state index is 12.8. The van der Waals surface area contributed by atoms with Crippen molar-refractivity contribution in [2.24, 2.45) is 0 Å². The Labute approximate surface area is 143 Å². The third-order valence-electron chi connectivity index (χ3n) is 4.37. The Morgan fingerprint density at radius 1 is 1.21 bits per heavy atom. The van der Waals surface area contributed by atoms with Gasteiger partial charge in [0.1, 0.15) is 11.8 Å². The molecule has 0 radical (unpaired) electrons. The van der Waals surface area contributed by atoms with Crippen molar-refractivity contribution in [2.75, 3.05) is 20.3 Å². The highest BCUT2D eigenvalue weighted by Crippen LogP contribution is 2.25. The Hall–Kier alpha value is -2.04. The van der Waals surface area contributed by atoms with Crippen LogP contribution in [0.2, 0.25) is 0 Å². The summed E-state index contributed by atoms with van der Waals surface area (Å²) in [6, 6.07) is 6.62. The average molecular weight is 333 g/mol.